The van der Waals surface area contributed by atoms with Gasteiger partial charge in [0.25, 0.3) is 10.0 Å². The maximum atomic E-state index is 11.8. The van der Waals surface area contributed by atoms with E-state index in [1.54, 1.807) is 4.90 Å². The van der Waals surface area contributed by atoms with Crippen LogP contribution in [0.5, 0.6) is 0 Å². The number of sulfonamides is 1. The summed E-state index contributed by atoms with van der Waals surface area (Å²) in [5.74, 6) is 0.00649. The average Bonchev–Trinajstić information content (AvgIpc) is 2.94. The van der Waals surface area contributed by atoms with Gasteiger partial charge in [0, 0.05) is 26.1 Å². The van der Waals surface area contributed by atoms with Crippen LogP contribution in [0.4, 0.5) is 0 Å². The Morgan fingerprint density at radius 3 is 2.74 bits per heavy atom. The molecule has 2 heterocycles. The van der Waals surface area contributed by atoms with Crippen LogP contribution < -0.4 is 4.72 Å². The fraction of sp³-hybridized carbons (Fsp3) is 0.636. The monoisotopic (exact) mass is 286 g/mol. The summed E-state index contributed by atoms with van der Waals surface area (Å²) in [5, 5.41) is 5.98. The lowest BCUT2D eigenvalue weighted by molar-refractivity contribution is -0.131. The molecule has 2 rings (SSSR count). The van der Waals surface area contributed by atoms with Gasteiger partial charge < -0.3 is 4.90 Å². The number of nitrogens with zero attached hydrogens (tertiary/aromatic N) is 2. The number of rotatable bonds is 5. The number of aromatic amines is 1. The molecule has 0 bridgehead atoms. The van der Waals surface area contributed by atoms with Crippen molar-refractivity contribution in [2.75, 3.05) is 19.6 Å². The first-order valence-electron chi connectivity index (χ1n) is 6.36. The zero-order valence-electron chi connectivity index (χ0n) is 10.6. The molecule has 1 aliphatic heterocycles. The number of hydrogen-bond donors (Lipinski definition) is 2. The van der Waals surface area contributed by atoms with Crippen molar-refractivity contribution in [1.82, 2.24) is 19.8 Å². The first-order chi connectivity index (χ1) is 9.09. The van der Waals surface area contributed by atoms with Crippen molar-refractivity contribution >= 4 is 15.9 Å². The normalized spacial score (nSPS) is 16.5. The second-order valence-corrected chi connectivity index (χ2v) is 6.25. The molecule has 7 nitrogen and oxygen atoms in total. The van der Waals surface area contributed by atoms with Crippen LogP contribution in [0.1, 0.15) is 25.7 Å². The molecule has 1 aromatic rings. The highest BCUT2D eigenvalue weighted by atomic mass is 32.2. The van der Waals surface area contributed by atoms with Crippen molar-refractivity contribution in [2.45, 2.75) is 30.7 Å². The number of hydrogen-bond acceptors (Lipinski definition) is 4. The van der Waals surface area contributed by atoms with Crippen LogP contribution in [-0.4, -0.2) is 49.1 Å². The van der Waals surface area contributed by atoms with E-state index < -0.39 is 10.0 Å². The van der Waals surface area contributed by atoms with Crippen LogP contribution in [0, 0.1) is 0 Å². The largest absolute Gasteiger partial charge is 0.343 e. The van der Waals surface area contributed by atoms with Crippen molar-refractivity contribution in [3.8, 4) is 0 Å². The Balaban J connectivity index is 1.78. The maximum absolute atomic E-state index is 11.8. The smallest absolute Gasteiger partial charge is 0.257 e. The van der Waals surface area contributed by atoms with Crippen molar-refractivity contribution in [1.29, 1.82) is 0 Å². The number of H-pyrrole nitrogens is 1. The molecular formula is C11H18N4O3S. The lowest BCUT2D eigenvalue weighted by atomic mass is 10.1. The zero-order valence-corrected chi connectivity index (χ0v) is 11.4. The molecule has 0 aliphatic carbocycles. The lowest BCUT2D eigenvalue weighted by Crippen LogP contribution is -2.37. The summed E-state index contributed by atoms with van der Waals surface area (Å²) in [7, 11) is -3.58. The van der Waals surface area contributed by atoms with Crippen LogP contribution in [0.2, 0.25) is 0 Å². The quantitative estimate of drug-likeness (QED) is 0.802. The van der Waals surface area contributed by atoms with Gasteiger partial charge in [-0.1, -0.05) is 0 Å². The van der Waals surface area contributed by atoms with E-state index in [1.165, 1.54) is 12.3 Å². The third-order valence-electron chi connectivity index (χ3n) is 3.10. The van der Waals surface area contributed by atoms with Crippen LogP contribution in [0.25, 0.3) is 0 Å². The minimum atomic E-state index is -3.58. The Hall–Kier alpha value is -1.41. The van der Waals surface area contributed by atoms with E-state index in [0.717, 1.165) is 32.4 Å². The molecule has 0 spiro atoms. The van der Waals surface area contributed by atoms with E-state index in [9.17, 15) is 13.2 Å². The minimum absolute atomic E-state index is 0.00649. The molecule has 8 heteroatoms. The highest BCUT2D eigenvalue weighted by Gasteiger charge is 2.18. The Kier molecular flexibility index (Phi) is 4.54. The second kappa shape index (κ2) is 6.16. The summed E-state index contributed by atoms with van der Waals surface area (Å²) in [5.41, 5.74) is 0. The lowest BCUT2D eigenvalue weighted by Gasteiger charge is -2.26. The number of carbonyl (C=O) groups excluding carboxylic acids is 1. The highest BCUT2D eigenvalue weighted by Crippen LogP contribution is 2.09. The Morgan fingerprint density at radius 1 is 1.37 bits per heavy atom. The molecule has 1 amide bonds. The average molecular weight is 286 g/mol. The molecule has 0 atom stereocenters. The molecule has 106 valence electrons. The van der Waals surface area contributed by atoms with Gasteiger partial charge in [-0.2, -0.15) is 5.10 Å². The van der Waals surface area contributed by atoms with Gasteiger partial charge in [-0.25, -0.2) is 13.1 Å². The fourth-order valence-electron chi connectivity index (χ4n) is 2.06. The third kappa shape index (κ3) is 3.77. The first-order valence-corrected chi connectivity index (χ1v) is 7.85. The number of aromatic nitrogens is 2. The Bertz CT molecular complexity index is 506. The van der Waals surface area contributed by atoms with Gasteiger partial charge in [0.05, 0.1) is 6.20 Å². The van der Waals surface area contributed by atoms with Crippen molar-refractivity contribution < 1.29 is 13.2 Å². The van der Waals surface area contributed by atoms with Gasteiger partial charge in [0.1, 0.15) is 0 Å². The topological polar surface area (TPSA) is 95.2 Å². The summed E-state index contributed by atoms with van der Waals surface area (Å²) < 4.78 is 25.9. The van der Waals surface area contributed by atoms with Crippen molar-refractivity contribution in [2.24, 2.45) is 0 Å². The number of carbonyl (C=O) groups is 1. The number of amides is 1. The van der Waals surface area contributed by atoms with Crippen LogP contribution in [0.3, 0.4) is 0 Å². The molecular weight excluding hydrogens is 268 g/mol. The molecule has 0 unspecified atom stereocenters. The predicted octanol–water partition coefficient (Wildman–Crippen LogP) is 0.0906. The standard InChI is InChI=1S/C11H18N4O3S/c16-11(15-8-2-1-3-9-15)5-7-13-19(17,18)10-4-6-12-14-10/h4,6,13H,1-3,5,7-9H2,(H,12,14). The van der Waals surface area contributed by atoms with Crippen LogP contribution in [0.15, 0.2) is 17.3 Å². The van der Waals surface area contributed by atoms with E-state index in [4.69, 9.17) is 0 Å². The Labute approximate surface area is 112 Å². The number of piperidine rings is 1. The summed E-state index contributed by atoms with van der Waals surface area (Å²) >= 11 is 0. The molecule has 1 aliphatic rings. The second-order valence-electron chi connectivity index (χ2n) is 4.51. The van der Waals surface area contributed by atoms with E-state index >= 15 is 0 Å². The van der Waals surface area contributed by atoms with Crippen LogP contribution in [-0.2, 0) is 14.8 Å². The predicted molar refractivity (Wildman–Crippen MR) is 68.8 cm³/mol. The molecule has 19 heavy (non-hydrogen) atoms. The third-order valence-corrected chi connectivity index (χ3v) is 4.49. The van der Waals surface area contributed by atoms with Gasteiger partial charge in [-0.15, -0.1) is 0 Å². The van der Waals surface area contributed by atoms with E-state index in [2.05, 4.69) is 14.9 Å². The molecule has 0 saturated carbocycles. The number of nitrogens with one attached hydrogen (secondary N) is 2. The summed E-state index contributed by atoms with van der Waals surface area (Å²) in [6.07, 6.45) is 4.79. The molecule has 1 fully saturated rings. The molecule has 0 aromatic carbocycles. The summed E-state index contributed by atoms with van der Waals surface area (Å²) in [6, 6.07) is 1.37. The van der Waals surface area contributed by atoms with Gasteiger partial charge >= 0.3 is 0 Å². The van der Waals surface area contributed by atoms with Crippen LogP contribution >= 0.6 is 0 Å². The van der Waals surface area contributed by atoms with Gasteiger partial charge in [0.15, 0.2) is 5.03 Å². The number of likely N-dealkylation sites (tertiary alicyclic amines) is 1. The van der Waals surface area contributed by atoms with E-state index in [1.807, 2.05) is 0 Å². The summed E-state index contributed by atoms with van der Waals surface area (Å²) in [6.45, 7) is 1.68. The SMILES string of the molecule is O=C(CCNS(=O)(=O)c1ccn[nH]1)N1CCCCC1. The molecule has 1 aromatic heterocycles. The van der Waals surface area contributed by atoms with E-state index in [0.29, 0.717) is 0 Å². The summed E-state index contributed by atoms with van der Waals surface area (Å²) in [4.78, 5) is 13.6. The maximum Gasteiger partial charge on any atom is 0.257 e. The van der Waals surface area contributed by atoms with Crippen molar-refractivity contribution in [3.05, 3.63) is 12.3 Å². The molecule has 0 radical (unpaired) electrons. The Morgan fingerprint density at radius 2 is 2.11 bits per heavy atom. The van der Waals surface area contributed by atoms with E-state index in [-0.39, 0.29) is 23.9 Å². The van der Waals surface area contributed by atoms with Gasteiger partial charge in [0.2, 0.25) is 5.91 Å². The fourth-order valence-corrected chi connectivity index (χ4v) is 3.00. The van der Waals surface area contributed by atoms with Gasteiger partial charge in [-0.05, 0) is 25.3 Å². The molecule has 2 N–H and O–H groups in total. The first kappa shape index (κ1) is 14.0. The highest BCUT2D eigenvalue weighted by molar-refractivity contribution is 7.89. The molecule has 1 saturated heterocycles. The van der Waals surface area contributed by atoms with Crippen molar-refractivity contribution in [3.63, 3.8) is 0 Å². The minimum Gasteiger partial charge on any atom is -0.343 e. The zero-order chi connectivity index (χ0) is 13.7. The van der Waals surface area contributed by atoms with Gasteiger partial charge in [-0.3, -0.25) is 9.89 Å².